The second-order valence-corrected chi connectivity index (χ2v) is 8.28. The maximum Gasteiger partial charge on any atom is 0.294 e. The van der Waals surface area contributed by atoms with Crippen molar-refractivity contribution < 1.29 is 14.5 Å². The van der Waals surface area contributed by atoms with Crippen molar-refractivity contribution in [2.45, 2.75) is 26.7 Å². The quantitative estimate of drug-likeness (QED) is 0.220. The van der Waals surface area contributed by atoms with Crippen molar-refractivity contribution in [1.29, 1.82) is 0 Å². The summed E-state index contributed by atoms with van der Waals surface area (Å²) in [7, 11) is 0. The highest BCUT2D eigenvalue weighted by Crippen LogP contribution is 2.53. The molecule has 1 aliphatic heterocycles. The number of hydrogen-bond acceptors (Lipinski definition) is 6. The molecule has 1 heterocycles. The first kappa shape index (κ1) is 20.5. The Bertz CT molecular complexity index is 865. The smallest absolute Gasteiger partial charge is 0.294 e. The molecule has 4 atom stereocenters. The molecule has 1 aromatic rings. The van der Waals surface area contributed by atoms with Crippen molar-refractivity contribution in [1.82, 2.24) is 4.90 Å². The number of rotatable bonds is 9. The lowest BCUT2D eigenvalue weighted by Crippen LogP contribution is -2.32. The molecule has 1 N–H and O–H groups in total. The summed E-state index contributed by atoms with van der Waals surface area (Å²) in [4.78, 5) is 40.6. The normalized spacial score (nSPS) is 26.7. The second kappa shape index (κ2) is 8.18. The predicted molar refractivity (Wildman–Crippen MR) is 114 cm³/mol. The first-order chi connectivity index (χ1) is 14.5. The van der Waals surface area contributed by atoms with E-state index in [0.717, 1.165) is 32.5 Å². The summed E-state index contributed by atoms with van der Waals surface area (Å²) in [6.07, 6.45) is 5.79. The van der Waals surface area contributed by atoms with Crippen molar-refractivity contribution in [3.8, 4) is 0 Å². The van der Waals surface area contributed by atoms with Crippen molar-refractivity contribution >= 4 is 28.9 Å². The van der Waals surface area contributed by atoms with E-state index in [4.69, 9.17) is 0 Å². The third-order valence-electron chi connectivity index (χ3n) is 6.77. The van der Waals surface area contributed by atoms with Gasteiger partial charge in [0.1, 0.15) is 5.69 Å². The number of carbonyl (C=O) groups is 2. The number of benzene rings is 1. The zero-order valence-electron chi connectivity index (χ0n) is 17.4. The number of nitrogens with one attached hydrogen (secondary N) is 1. The van der Waals surface area contributed by atoms with Gasteiger partial charge in [-0.15, -0.1) is 0 Å². The van der Waals surface area contributed by atoms with Gasteiger partial charge in [0.05, 0.1) is 22.4 Å². The fraction of sp³-hybridized carbons (Fsp3) is 0.545. The molecule has 1 saturated heterocycles. The standard InChI is InChI=1S/C22H28N4O4/c1-3-24(4-2)11-5-10-23-17-9-8-16(13-18(17)26(29)30)25-21(27)19-14-6-7-15(12-14)20(19)22(25)28/h6-9,13-15,19-20,23H,3-5,10-12H2,1-2H3/t14-,15-,19-,20-/m0/s1. The molecular formula is C22H28N4O4. The van der Waals surface area contributed by atoms with Gasteiger partial charge < -0.3 is 10.2 Å². The summed E-state index contributed by atoms with van der Waals surface area (Å²) >= 11 is 0. The first-order valence-corrected chi connectivity index (χ1v) is 10.8. The van der Waals surface area contributed by atoms with Gasteiger partial charge in [-0.25, -0.2) is 4.90 Å². The molecule has 30 heavy (non-hydrogen) atoms. The average molecular weight is 412 g/mol. The van der Waals surface area contributed by atoms with Crippen molar-refractivity contribution in [3.05, 3.63) is 40.5 Å². The Kier molecular flexibility index (Phi) is 5.60. The topological polar surface area (TPSA) is 95.8 Å². The van der Waals surface area contributed by atoms with Gasteiger partial charge in [0, 0.05) is 12.6 Å². The highest BCUT2D eigenvalue weighted by Gasteiger charge is 2.59. The number of amides is 2. The summed E-state index contributed by atoms with van der Waals surface area (Å²) in [5, 5.41) is 14.8. The lowest BCUT2D eigenvalue weighted by molar-refractivity contribution is -0.383. The Balaban J connectivity index is 1.49. The average Bonchev–Trinajstić information content (AvgIpc) is 3.42. The monoisotopic (exact) mass is 412 g/mol. The molecule has 0 spiro atoms. The lowest BCUT2D eigenvalue weighted by atomic mass is 9.85. The van der Waals surface area contributed by atoms with Gasteiger partial charge in [-0.1, -0.05) is 26.0 Å². The Morgan fingerprint density at radius 1 is 1.13 bits per heavy atom. The highest BCUT2D eigenvalue weighted by molar-refractivity contribution is 6.23. The van der Waals surface area contributed by atoms with Crippen LogP contribution >= 0.6 is 0 Å². The minimum absolute atomic E-state index is 0.114. The van der Waals surface area contributed by atoms with Crippen LogP contribution in [0.4, 0.5) is 17.1 Å². The zero-order chi connectivity index (χ0) is 21.4. The van der Waals surface area contributed by atoms with Gasteiger partial charge in [-0.3, -0.25) is 19.7 Å². The van der Waals surface area contributed by atoms with Crippen LogP contribution in [0, 0.1) is 33.8 Å². The molecule has 2 aliphatic carbocycles. The lowest BCUT2D eigenvalue weighted by Gasteiger charge is -2.19. The summed E-state index contributed by atoms with van der Waals surface area (Å²) < 4.78 is 0. The number of nitrogens with zero attached hydrogens (tertiary/aromatic N) is 3. The highest BCUT2D eigenvalue weighted by atomic mass is 16.6. The summed E-state index contributed by atoms with van der Waals surface area (Å²) in [6, 6.07) is 4.58. The van der Waals surface area contributed by atoms with E-state index in [1.807, 2.05) is 12.2 Å². The number of fused-ring (bicyclic) bond motifs is 5. The van der Waals surface area contributed by atoms with Crippen molar-refractivity contribution in [2.24, 2.45) is 23.7 Å². The van der Waals surface area contributed by atoms with Crippen molar-refractivity contribution in [3.63, 3.8) is 0 Å². The first-order valence-electron chi connectivity index (χ1n) is 10.8. The van der Waals surface area contributed by atoms with Crippen molar-refractivity contribution in [2.75, 3.05) is 36.4 Å². The molecule has 2 amide bonds. The fourth-order valence-corrected chi connectivity index (χ4v) is 5.18. The minimum atomic E-state index is -0.465. The number of hydrogen-bond donors (Lipinski definition) is 1. The molecule has 8 heteroatoms. The maximum absolute atomic E-state index is 13.0. The van der Waals surface area contributed by atoms with E-state index >= 15 is 0 Å². The fourth-order valence-electron chi connectivity index (χ4n) is 5.18. The van der Waals surface area contributed by atoms with Crippen LogP contribution in [0.25, 0.3) is 0 Å². The molecule has 2 fully saturated rings. The third kappa shape index (κ3) is 3.39. The predicted octanol–water partition coefficient (Wildman–Crippen LogP) is 3.05. The number of imide groups is 1. The number of anilines is 2. The zero-order valence-corrected chi connectivity index (χ0v) is 17.4. The van der Waals surface area contributed by atoms with Crippen LogP contribution in [0.3, 0.4) is 0 Å². The van der Waals surface area contributed by atoms with E-state index < -0.39 is 4.92 Å². The van der Waals surface area contributed by atoms with Crippen LogP contribution in [0.15, 0.2) is 30.4 Å². The number of carbonyl (C=O) groups excluding carboxylic acids is 2. The van der Waals surface area contributed by atoms with Crippen LogP contribution in [0.1, 0.15) is 26.7 Å². The summed E-state index contributed by atoms with van der Waals surface area (Å²) in [5.41, 5.74) is 0.581. The summed E-state index contributed by atoms with van der Waals surface area (Å²) in [6.45, 7) is 7.69. The molecular weight excluding hydrogens is 384 g/mol. The Labute approximate surface area is 176 Å². The Hall–Kier alpha value is -2.74. The van der Waals surface area contributed by atoms with Gasteiger partial charge in [0.15, 0.2) is 0 Å². The second-order valence-electron chi connectivity index (χ2n) is 8.28. The van der Waals surface area contributed by atoms with Crippen LogP contribution in [-0.4, -0.2) is 47.8 Å². The number of nitro benzene ring substituents is 1. The molecule has 3 aliphatic rings. The van der Waals surface area contributed by atoms with E-state index in [2.05, 4.69) is 24.1 Å². The van der Waals surface area contributed by atoms with Gasteiger partial charge in [0.25, 0.3) is 5.69 Å². The largest absolute Gasteiger partial charge is 0.379 e. The molecule has 0 radical (unpaired) electrons. The molecule has 1 aromatic carbocycles. The third-order valence-corrected chi connectivity index (χ3v) is 6.77. The van der Waals surface area contributed by atoms with Crippen LogP contribution < -0.4 is 10.2 Å². The molecule has 2 bridgehead atoms. The SMILES string of the molecule is CCN(CC)CCCNc1ccc(N2C(=O)[C@@H]3[C@@H](C2=O)[C@H]2C=C[C@H]3C2)cc1[N+](=O)[O-]. The van der Waals surface area contributed by atoms with E-state index in [9.17, 15) is 19.7 Å². The molecule has 0 unspecified atom stereocenters. The molecule has 1 saturated carbocycles. The Morgan fingerprint density at radius 3 is 2.33 bits per heavy atom. The maximum atomic E-state index is 13.0. The van der Waals surface area contributed by atoms with Gasteiger partial charge in [-0.05, 0) is 56.4 Å². The van der Waals surface area contributed by atoms with Crippen LogP contribution in [-0.2, 0) is 9.59 Å². The number of nitro groups is 1. The van der Waals surface area contributed by atoms with Gasteiger partial charge in [-0.2, -0.15) is 0 Å². The van der Waals surface area contributed by atoms with Crippen LogP contribution in [0.2, 0.25) is 0 Å². The number of allylic oxidation sites excluding steroid dienone is 2. The molecule has 4 rings (SSSR count). The minimum Gasteiger partial charge on any atom is -0.379 e. The van der Waals surface area contributed by atoms with Gasteiger partial charge in [0.2, 0.25) is 11.8 Å². The molecule has 0 aromatic heterocycles. The van der Waals surface area contributed by atoms with E-state index in [1.54, 1.807) is 12.1 Å². The van der Waals surface area contributed by atoms with E-state index in [-0.39, 0.29) is 41.2 Å². The van der Waals surface area contributed by atoms with E-state index in [0.29, 0.717) is 17.9 Å². The summed E-state index contributed by atoms with van der Waals surface area (Å²) in [5.74, 6) is -0.854. The van der Waals surface area contributed by atoms with Crippen LogP contribution in [0.5, 0.6) is 0 Å². The molecule has 160 valence electrons. The Morgan fingerprint density at radius 2 is 1.77 bits per heavy atom. The van der Waals surface area contributed by atoms with Gasteiger partial charge >= 0.3 is 0 Å². The van der Waals surface area contributed by atoms with E-state index in [1.165, 1.54) is 11.0 Å². The molecule has 8 nitrogen and oxygen atoms in total.